The molecular formula is C5H8N4. The van der Waals surface area contributed by atoms with Crippen molar-refractivity contribution in [1.82, 2.24) is 0 Å². The van der Waals surface area contributed by atoms with E-state index in [1.165, 1.54) is 0 Å². The molecule has 0 aromatic heterocycles. The average molecular weight is 124 g/mol. The van der Waals surface area contributed by atoms with Crippen LogP contribution in [0.5, 0.6) is 0 Å². The molecule has 1 aliphatic rings. The number of nitrogens with zero attached hydrogens (tertiary/aromatic N) is 1. The third-order valence-electron chi connectivity index (χ3n) is 1.05. The summed E-state index contributed by atoms with van der Waals surface area (Å²) in [5, 5.41) is 14.2. The summed E-state index contributed by atoms with van der Waals surface area (Å²) in [5.41, 5.74) is 5.76. The van der Waals surface area contributed by atoms with Crippen molar-refractivity contribution in [1.29, 1.82) is 10.8 Å². The number of hydrogen-bond donors (Lipinski definition) is 3. The van der Waals surface area contributed by atoms with E-state index in [0.29, 0.717) is 24.4 Å². The molecule has 4 N–H and O–H groups in total. The van der Waals surface area contributed by atoms with Gasteiger partial charge in [0, 0.05) is 18.6 Å². The number of hydrogen-bond acceptors (Lipinski definition) is 3. The van der Waals surface area contributed by atoms with Gasteiger partial charge in [-0.05, 0) is 0 Å². The fourth-order valence-electron chi connectivity index (χ4n) is 0.736. The highest BCUT2D eigenvalue weighted by atomic mass is 14.9. The lowest BCUT2D eigenvalue weighted by Crippen LogP contribution is -2.24. The summed E-state index contributed by atoms with van der Waals surface area (Å²) in [7, 11) is 0. The number of amidine groups is 2. The first-order chi connectivity index (χ1) is 4.18. The first kappa shape index (κ1) is 5.94. The minimum absolute atomic E-state index is 0.198. The van der Waals surface area contributed by atoms with Gasteiger partial charge >= 0.3 is 0 Å². The Morgan fingerprint density at radius 3 is 2.44 bits per heavy atom. The quantitative estimate of drug-likeness (QED) is 0.421. The molecule has 0 atom stereocenters. The predicted octanol–water partition coefficient (Wildman–Crippen LogP) is 0.134. The van der Waals surface area contributed by atoms with Gasteiger partial charge in [-0.25, -0.2) is 4.99 Å². The molecule has 1 rings (SSSR count). The van der Waals surface area contributed by atoms with Crippen LogP contribution in [0.25, 0.3) is 0 Å². The van der Waals surface area contributed by atoms with Crippen LogP contribution in [-0.2, 0) is 0 Å². The molecule has 0 saturated heterocycles. The van der Waals surface area contributed by atoms with Crippen molar-refractivity contribution in [3.8, 4) is 0 Å². The molecule has 0 amide bonds. The molecule has 0 saturated carbocycles. The summed E-state index contributed by atoms with van der Waals surface area (Å²) in [5.74, 6) is 0.583. The summed E-state index contributed by atoms with van der Waals surface area (Å²) in [4.78, 5) is 3.67. The largest absolute Gasteiger partial charge is 0.387 e. The van der Waals surface area contributed by atoms with Gasteiger partial charge in [0.15, 0.2) is 0 Å². The molecule has 9 heavy (non-hydrogen) atoms. The van der Waals surface area contributed by atoms with E-state index >= 15 is 0 Å². The van der Waals surface area contributed by atoms with Crippen LogP contribution in [0.4, 0.5) is 0 Å². The van der Waals surface area contributed by atoms with Crippen molar-refractivity contribution in [2.75, 3.05) is 0 Å². The number of aliphatic imine (C=N–C) groups is 1. The van der Waals surface area contributed by atoms with E-state index in [-0.39, 0.29) is 5.84 Å². The van der Waals surface area contributed by atoms with Crippen LogP contribution in [0, 0.1) is 10.8 Å². The standard InChI is InChI=1S/C5H8N4/c6-3-1-4(7)9-5(8)2-3/h6H,1-2H2,(H3,7,8,9). The van der Waals surface area contributed by atoms with Crippen molar-refractivity contribution < 1.29 is 0 Å². The third kappa shape index (κ3) is 1.35. The summed E-state index contributed by atoms with van der Waals surface area (Å²) >= 11 is 0. The second-order valence-corrected chi connectivity index (χ2v) is 2.01. The Morgan fingerprint density at radius 2 is 2.00 bits per heavy atom. The van der Waals surface area contributed by atoms with E-state index < -0.39 is 0 Å². The maximum absolute atomic E-state index is 7.15. The van der Waals surface area contributed by atoms with Gasteiger partial charge in [0.2, 0.25) is 0 Å². The molecular weight excluding hydrogens is 116 g/mol. The van der Waals surface area contributed by atoms with Crippen molar-refractivity contribution in [2.45, 2.75) is 12.8 Å². The highest BCUT2D eigenvalue weighted by molar-refractivity contribution is 6.16. The molecule has 0 radical (unpaired) electrons. The number of nitrogens with two attached hydrogens (primary N) is 1. The minimum Gasteiger partial charge on any atom is -0.387 e. The highest BCUT2D eigenvalue weighted by Gasteiger charge is 2.09. The lowest BCUT2D eigenvalue weighted by Gasteiger charge is -2.08. The first-order valence-electron chi connectivity index (χ1n) is 2.65. The Kier molecular flexibility index (Phi) is 1.30. The Balaban J connectivity index is 2.79. The molecule has 0 aromatic carbocycles. The van der Waals surface area contributed by atoms with E-state index in [1.54, 1.807) is 0 Å². The van der Waals surface area contributed by atoms with Gasteiger partial charge < -0.3 is 11.1 Å². The normalized spacial score (nSPS) is 19.8. The minimum atomic E-state index is 0.198. The average Bonchev–Trinajstić information content (AvgIpc) is 1.59. The smallest absolute Gasteiger partial charge is 0.128 e. The van der Waals surface area contributed by atoms with E-state index in [2.05, 4.69) is 4.99 Å². The van der Waals surface area contributed by atoms with E-state index in [0.717, 1.165) is 0 Å². The Labute approximate surface area is 52.8 Å². The predicted molar refractivity (Wildman–Crippen MR) is 36.3 cm³/mol. The fourth-order valence-corrected chi connectivity index (χ4v) is 0.736. The molecule has 0 fully saturated rings. The van der Waals surface area contributed by atoms with E-state index in [1.807, 2.05) is 0 Å². The van der Waals surface area contributed by atoms with Crippen LogP contribution in [0.15, 0.2) is 4.99 Å². The first-order valence-corrected chi connectivity index (χ1v) is 2.65. The molecule has 0 aliphatic carbocycles. The second-order valence-electron chi connectivity index (χ2n) is 2.01. The molecule has 0 aromatic rings. The van der Waals surface area contributed by atoms with E-state index in [9.17, 15) is 0 Å². The zero-order valence-electron chi connectivity index (χ0n) is 4.94. The van der Waals surface area contributed by atoms with Gasteiger partial charge in [0.05, 0.1) is 0 Å². The molecule has 4 nitrogen and oxygen atoms in total. The summed E-state index contributed by atoms with van der Waals surface area (Å²) in [6.07, 6.45) is 0.795. The fraction of sp³-hybridized carbons (Fsp3) is 0.400. The van der Waals surface area contributed by atoms with Crippen LogP contribution in [0.1, 0.15) is 12.8 Å². The maximum atomic E-state index is 7.15. The third-order valence-corrected chi connectivity index (χ3v) is 1.05. The van der Waals surface area contributed by atoms with Gasteiger partial charge in [-0.15, -0.1) is 0 Å². The monoisotopic (exact) mass is 124 g/mol. The zero-order valence-corrected chi connectivity index (χ0v) is 4.94. The van der Waals surface area contributed by atoms with Gasteiger partial charge in [-0.2, -0.15) is 0 Å². The van der Waals surface area contributed by atoms with Crippen LogP contribution in [0.2, 0.25) is 0 Å². The Morgan fingerprint density at radius 1 is 1.33 bits per heavy atom. The number of rotatable bonds is 0. The second kappa shape index (κ2) is 1.97. The Hall–Kier alpha value is -1.19. The van der Waals surface area contributed by atoms with Crippen molar-refractivity contribution >= 4 is 17.4 Å². The van der Waals surface area contributed by atoms with Crippen LogP contribution < -0.4 is 5.73 Å². The summed E-state index contributed by atoms with van der Waals surface area (Å²) in [6.45, 7) is 0. The van der Waals surface area contributed by atoms with Crippen molar-refractivity contribution in [3.63, 3.8) is 0 Å². The molecule has 4 heteroatoms. The molecule has 48 valence electrons. The lowest BCUT2D eigenvalue weighted by molar-refractivity contribution is 1.21. The van der Waals surface area contributed by atoms with Crippen LogP contribution in [-0.4, -0.2) is 17.4 Å². The molecule has 0 spiro atoms. The molecule has 1 aliphatic heterocycles. The van der Waals surface area contributed by atoms with Gasteiger partial charge in [-0.3, -0.25) is 5.41 Å². The topological polar surface area (TPSA) is 86.1 Å². The van der Waals surface area contributed by atoms with Gasteiger partial charge in [0.1, 0.15) is 11.7 Å². The van der Waals surface area contributed by atoms with E-state index in [4.69, 9.17) is 16.6 Å². The molecule has 1 heterocycles. The summed E-state index contributed by atoms with van der Waals surface area (Å²) < 4.78 is 0. The summed E-state index contributed by atoms with van der Waals surface area (Å²) in [6, 6.07) is 0. The maximum Gasteiger partial charge on any atom is 0.128 e. The van der Waals surface area contributed by atoms with Gasteiger partial charge in [0.25, 0.3) is 0 Å². The molecule has 0 bridgehead atoms. The van der Waals surface area contributed by atoms with Crippen LogP contribution in [0.3, 0.4) is 0 Å². The number of nitrogens with one attached hydrogen (secondary N) is 2. The molecule has 0 unspecified atom stereocenters. The lowest BCUT2D eigenvalue weighted by atomic mass is 10.1. The SMILES string of the molecule is N=C1CC(=N)N=C(N)C1. The highest BCUT2D eigenvalue weighted by Crippen LogP contribution is 2.00. The van der Waals surface area contributed by atoms with Crippen molar-refractivity contribution in [2.24, 2.45) is 10.7 Å². The van der Waals surface area contributed by atoms with Crippen molar-refractivity contribution in [3.05, 3.63) is 0 Å². The Bertz CT molecular complexity index is 191. The van der Waals surface area contributed by atoms with Crippen LogP contribution >= 0.6 is 0 Å². The van der Waals surface area contributed by atoms with Gasteiger partial charge in [-0.1, -0.05) is 0 Å². The zero-order chi connectivity index (χ0) is 6.85.